The molecule has 0 fully saturated rings. The molecule has 1 unspecified atom stereocenters. The molecule has 0 aliphatic rings. The van der Waals surface area contributed by atoms with E-state index in [1.807, 2.05) is 6.92 Å². The van der Waals surface area contributed by atoms with Crippen molar-refractivity contribution in [3.8, 4) is 0 Å². The second kappa shape index (κ2) is 6.19. The zero-order chi connectivity index (χ0) is 14.7. The van der Waals surface area contributed by atoms with Gasteiger partial charge in [-0.05, 0) is 44.0 Å². The lowest BCUT2D eigenvalue weighted by Gasteiger charge is -2.11. The highest BCUT2D eigenvalue weighted by Gasteiger charge is 2.10. The number of rotatable bonds is 4. The lowest BCUT2D eigenvalue weighted by molar-refractivity contribution is 0.620. The summed E-state index contributed by atoms with van der Waals surface area (Å²) in [4.78, 5) is 19.2. The summed E-state index contributed by atoms with van der Waals surface area (Å²) >= 11 is 1.30. The molecule has 0 amide bonds. The van der Waals surface area contributed by atoms with Crippen LogP contribution in [-0.2, 0) is 6.42 Å². The Balaban J connectivity index is 2.34. The Morgan fingerprint density at radius 3 is 2.85 bits per heavy atom. The minimum atomic E-state index is -0.296. The number of aryl methyl sites for hydroxylation is 1. The third-order valence-electron chi connectivity index (χ3n) is 2.62. The van der Waals surface area contributed by atoms with Gasteiger partial charge in [0.2, 0.25) is 0 Å². The minimum Gasteiger partial charge on any atom is -0.328 e. The van der Waals surface area contributed by atoms with Gasteiger partial charge in [-0.1, -0.05) is 11.8 Å². The topological polar surface area (TPSA) is 71.8 Å². The van der Waals surface area contributed by atoms with Gasteiger partial charge in [0, 0.05) is 22.7 Å². The first-order chi connectivity index (χ1) is 9.44. The average Bonchev–Trinajstić information content (AvgIpc) is 2.30. The Morgan fingerprint density at radius 1 is 1.45 bits per heavy atom. The van der Waals surface area contributed by atoms with Crippen molar-refractivity contribution < 1.29 is 4.39 Å². The van der Waals surface area contributed by atoms with Crippen molar-refractivity contribution in [2.24, 2.45) is 5.73 Å². The number of benzene rings is 1. The number of hydrogen-bond acceptors (Lipinski definition) is 4. The highest BCUT2D eigenvalue weighted by Crippen LogP contribution is 2.28. The molecular weight excluding hydrogens is 277 g/mol. The second-order valence-corrected chi connectivity index (χ2v) is 5.76. The first-order valence-corrected chi connectivity index (χ1v) is 7.05. The molecule has 0 spiro atoms. The summed E-state index contributed by atoms with van der Waals surface area (Å²) in [6.45, 7) is 3.62. The van der Waals surface area contributed by atoms with Crippen molar-refractivity contribution in [2.45, 2.75) is 36.4 Å². The van der Waals surface area contributed by atoms with Gasteiger partial charge in [0.15, 0.2) is 5.16 Å². The summed E-state index contributed by atoms with van der Waals surface area (Å²) in [5.41, 5.74) is 7.04. The molecule has 0 radical (unpaired) electrons. The largest absolute Gasteiger partial charge is 0.328 e. The zero-order valence-corrected chi connectivity index (χ0v) is 12.1. The monoisotopic (exact) mass is 293 g/mol. The SMILES string of the molecule is Cc1cc(=O)[nH]c(Sc2ccc(F)cc2CC(C)N)n1. The molecule has 3 N–H and O–H groups in total. The Bertz CT molecular complexity index is 670. The van der Waals surface area contributed by atoms with E-state index >= 15 is 0 Å². The molecule has 20 heavy (non-hydrogen) atoms. The van der Waals surface area contributed by atoms with Crippen molar-refractivity contribution in [2.75, 3.05) is 0 Å². The van der Waals surface area contributed by atoms with Gasteiger partial charge >= 0.3 is 0 Å². The van der Waals surface area contributed by atoms with Crippen molar-refractivity contribution in [3.05, 3.63) is 51.7 Å². The number of nitrogens with zero attached hydrogens (tertiary/aromatic N) is 1. The number of H-pyrrole nitrogens is 1. The van der Waals surface area contributed by atoms with Crippen LogP contribution in [0.3, 0.4) is 0 Å². The maximum atomic E-state index is 13.3. The van der Waals surface area contributed by atoms with Crippen molar-refractivity contribution in [1.29, 1.82) is 0 Å². The Kier molecular flexibility index (Phi) is 4.57. The van der Waals surface area contributed by atoms with Crippen LogP contribution in [0.1, 0.15) is 18.2 Å². The van der Waals surface area contributed by atoms with Crippen LogP contribution in [0, 0.1) is 12.7 Å². The van der Waals surface area contributed by atoms with Crippen LogP contribution in [0.2, 0.25) is 0 Å². The molecule has 6 heteroatoms. The van der Waals surface area contributed by atoms with E-state index in [2.05, 4.69) is 9.97 Å². The average molecular weight is 293 g/mol. The van der Waals surface area contributed by atoms with Crippen molar-refractivity contribution >= 4 is 11.8 Å². The maximum absolute atomic E-state index is 13.3. The van der Waals surface area contributed by atoms with Crippen LogP contribution in [0.15, 0.2) is 39.1 Å². The van der Waals surface area contributed by atoms with Crippen LogP contribution < -0.4 is 11.3 Å². The summed E-state index contributed by atoms with van der Waals surface area (Å²) in [7, 11) is 0. The van der Waals surface area contributed by atoms with Gasteiger partial charge in [-0.15, -0.1) is 0 Å². The molecule has 1 atom stereocenters. The standard InChI is InChI=1S/C14H16FN3OS/c1-8(16)5-10-7-11(15)3-4-12(10)20-14-17-9(2)6-13(19)18-14/h3-4,6-8H,5,16H2,1-2H3,(H,17,18,19). The van der Waals surface area contributed by atoms with Gasteiger partial charge in [-0.3, -0.25) is 4.79 Å². The molecule has 1 aromatic carbocycles. The fraction of sp³-hybridized carbons (Fsp3) is 0.286. The molecule has 106 valence electrons. The van der Waals surface area contributed by atoms with Crippen molar-refractivity contribution in [1.82, 2.24) is 9.97 Å². The summed E-state index contributed by atoms with van der Waals surface area (Å²) in [5.74, 6) is -0.296. The third kappa shape index (κ3) is 3.91. The van der Waals surface area contributed by atoms with Gasteiger partial charge in [-0.2, -0.15) is 0 Å². The maximum Gasteiger partial charge on any atom is 0.251 e. The first-order valence-electron chi connectivity index (χ1n) is 6.24. The summed E-state index contributed by atoms with van der Waals surface area (Å²) in [5, 5.41) is 0.493. The lowest BCUT2D eigenvalue weighted by atomic mass is 10.1. The molecule has 2 rings (SSSR count). The molecule has 0 saturated carbocycles. The second-order valence-electron chi connectivity index (χ2n) is 4.73. The van der Waals surface area contributed by atoms with Crippen LogP contribution in [0.5, 0.6) is 0 Å². The fourth-order valence-corrected chi connectivity index (χ4v) is 2.82. The number of hydrogen-bond donors (Lipinski definition) is 2. The van der Waals surface area contributed by atoms with Crippen LogP contribution in [0.4, 0.5) is 4.39 Å². The molecular formula is C14H16FN3OS. The number of nitrogens with one attached hydrogen (secondary N) is 1. The van der Waals surface area contributed by atoms with Gasteiger partial charge in [0.25, 0.3) is 5.56 Å². The van der Waals surface area contributed by atoms with Crippen LogP contribution in [0.25, 0.3) is 0 Å². The summed E-state index contributed by atoms with van der Waals surface area (Å²) in [6.07, 6.45) is 0.566. The predicted octanol–water partition coefficient (Wildman–Crippen LogP) is 2.26. The fourth-order valence-electron chi connectivity index (χ4n) is 1.86. The van der Waals surface area contributed by atoms with E-state index < -0.39 is 0 Å². The Labute approximate surface area is 120 Å². The van der Waals surface area contributed by atoms with E-state index in [9.17, 15) is 9.18 Å². The number of aromatic amines is 1. The molecule has 0 saturated heterocycles. The number of nitrogens with two attached hydrogens (primary N) is 1. The summed E-state index contributed by atoms with van der Waals surface area (Å²) < 4.78 is 13.3. The molecule has 0 bridgehead atoms. The smallest absolute Gasteiger partial charge is 0.251 e. The molecule has 4 nitrogen and oxygen atoms in total. The molecule has 2 aromatic rings. The van der Waals surface area contributed by atoms with Crippen molar-refractivity contribution in [3.63, 3.8) is 0 Å². The van der Waals surface area contributed by atoms with E-state index in [0.717, 1.165) is 10.5 Å². The van der Waals surface area contributed by atoms with Gasteiger partial charge in [0.1, 0.15) is 5.82 Å². The van der Waals surface area contributed by atoms with E-state index in [0.29, 0.717) is 17.3 Å². The van der Waals surface area contributed by atoms with Gasteiger partial charge in [0.05, 0.1) is 0 Å². The molecule has 1 heterocycles. The number of aromatic nitrogens is 2. The normalized spacial score (nSPS) is 12.4. The van der Waals surface area contributed by atoms with E-state index in [1.54, 1.807) is 13.0 Å². The quantitative estimate of drug-likeness (QED) is 0.848. The van der Waals surface area contributed by atoms with Gasteiger partial charge in [-0.25, -0.2) is 9.37 Å². The zero-order valence-electron chi connectivity index (χ0n) is 11.3. The van der Waals surface area contributed by atoms with Crippen LogP contribution in [-0.4, -0.2) is 16.0 Å². The third-order valence-corrected chi connectivity index (χ3v) is 3.62. The first kappa shape index (κ1) is 14.7. The predicted molar refractivity (Wildman–Crippen MR) is 77.5 cm³/mol. The van der Waals surface area contributed by atoms with E-state index in [-0.39, 0.29) is 17.4 Å². The molecule has 0 aliphatic heterocycles. The highest BCUT2D eigenvalue weighted by atomic mass is 32.2. The molecule has 0 aliphatic carbocycles. The van der Waals surface area contributed by atoms with Gasteiger partial charge < -0.3 is 10.7 Å². The molecule has 1 aromatic heterocycles. The van der Waals surface area contributed by atoms with E-state index in [4.69, 9.17) is 5.73 Å². The van der Waals surface area contributed by atoms with Crippen LogP contribution >= 0.6 is 11.8 Å². The lowest BCUT2D eigenvalue weighted by Crippen LogP contribution is -2.18. The Hall–Kier alpha value is -1.66. The highest BCUT2D eigenvalue weighted by molar-refractivity contribution is 7.99. The minimum absolute atomic E-state index is 0.0688. The number of halogens is 1. The summed E-state index contributed by atoms with van der Waals surface area (Å²) in [6, 6.07) is 5.90. The Morgan fingerprint density at radius 2 is 2.20 bits per heavy atom. The van der Waals surface area contributed by atoms with E-state index in [1.165, 1.54) is 30.0 Å².